The lowest BCUT2D eigenvalue weighted by molar-refractivity contribution is 0.202. The molecule has 2 heterocycles. The van der Waals surface area contributed by atoms with E-state index >= 15 is 0 Å². The second kappa shape index (κ2) is 6.47. The Morgan fingerprint density at radius 1 is 1.45 bits per heavy atom. The van der Waals surface area contributed by atoms with Gasteiger partial charge in [0, 0.05) is 25.5 Å². The first-order chi connectivity index (χ1) is 9.43. The van der Waals surface area contributed by atoms with E-state index in [-0.39, 0.29) is 5.88 Å². The molecule has 0 saturated carbocycles. The number of alkyl halides is 1. The Labute approximate surface area is 126 Å². The number of rotatable bonds is 5. The molecule has 0 aliphatic carbocycles. The maximum Gasteiger partial charge on any atom is 0.244 e. The third kappa shape index (κ3) is 3.55. The predicted molar refractivity (Wildman–Crippen MR) is 80.4 cm³/mol. The van der Waals surface area contributed by atoms with Gasteiger partial charge in [-0.2, -0.15) is 0 Å². The van der Waals surface area contributed by atoms with Crippen LogP contribution in [-0.4, -0.2) is 56.3 Å². The summed E-state index contributed by atoms with van der Waals surface area (Å²) >= 11 is 5.69. The van der Waals surface area contributed by atoms with Crippen LogP contribution in [-0.2, 0) is 15.9 Å². The number of H-pyrrole nitrogens is 1. The number of sulfonamides is 1. The van der Waals surface area contributed by atoms with Crippen LogP contribution in [0.2, 0.25) is 0 Å². The zero-order valence-electron chi connectivity index (χ0n) is 12.0. The van der Waals surface area contributed by atoms with Gasteiger partial charge in [-0.15, -0.1) is 11.6 Å². The first-order valence-corrected chi connectivity index (χ1v) is 8.79. The summed E-state index contributed by atoms with van der Waals surface area (Å²) in [5, 5.41) is 0. The summed E-state index contributed by atoms with van der Waals surface area (Å²) in [6, 6.07) is 1.60. The van der Waals surface area contributed by atoms with Crippen LogP contribution in [0, 0.1) is 5.92 Å². The number of hydrogen-bond donors (Lipinski definition) is 1. The first-order valence-electron chi connectivity index (χ1n) is 6.81. The molecule has 0 spiro atoms. The minimum atomic E-state index is -3.41. The number of likely N-dealkylation sites (tertiary alicyclic amines) is 1. The molecule has 1 aliphatic heterocycles. The summed E-state index contributed by atoms with van der Waals surface area (Å²) < 4.78 is 26.4. The van der Waals surface area contributed by atoms with Crippen LogP contribution in [0.3, 0.4) is 0 Å². The molecule has 0 unspecified atom stereocenters. The normalized spacial score (nSPS) is 18.8. The minimum absolute atomic E-state index is 0.286. The van der Waals surface area contributed by atoms with Crippen molar-refractivity contribution in [2.24, 2.45) is 5.92 Å². The molecule has 0 bridgehead atoms. The fraction of sp³-hybridized carbons (Fsp3) is 0.692. The van der Waals surface area contributed by atoms with Crippen molar-refractivity contribution in [1.29, 1.82) is 0 Å². The van der Waals surface area contributed by atoms with Crippen molar-refractivity contribution in [3.63, 3.8) is 0 Å². The lowest BCUT2D eigenvalue weighted by Gasteiger charge is -2.31. The number of nitrogens with zero attached hydrogens (tertiary/aromatic N) is 2. The van der Waals surface area contributed by atoms with E-state index < -0.39 is 10.0 Å². The molecule has 1 aromatic rings. The fourth-order valence-corrected chi connectivity index (χ4v) is 3.95. The minimum Gasteiger partial charge on any atom is -0.363 e. The summed E-state index contributed by atoms with van der Waals surface area (Å²) in [4.78, 5) is 5.46. The molecule has 114 valence electrons. The van der Waals surface area contributed by atoms with Crippen LogP contribution in [0.15, 0.2) is 17.2 Å². The van der Waals surface area contributed by atoms with Crippen LogP contribution in [0.4, 0.5) is 0 Å². The molecule has 20 heavy (non-hydrogen) atoms. The second-order valence-corrected chi connectivity index (χ2v) is 7.84. The fourth-order valence-electron chi connectivity index (χ4n) is 2.53. The molecular weight excluding hydrogens is 298 g/mol. The SMILES string of the molecule is CN1CCC(CN(C)S(=O)(=O)c2c[nH]c(CCl)c2)CC1. The number of nitrogens with one attached hydrogen (secondary N) is 1. The van der Waals surface area contributed by atoms with Gasteiger partial charge < -0.3 is 9.88 Å². The number of hydrogen-bond acceptors (Lipinski definition) is 3. The van der Waals surface area contributed by atoms with E-state index in [0.29, 0.717) is 17.4 Å². The molecule has 1 aromatic heterocycles. The molecule has 5 nitrogen and oxygen atoms in total. The van der Waals surface area contributed by atoms with Gasteiger partial charge >= 0.3 is 0 Å². The van der Waals surface area contributed by atoms with Gasteiger partial charge in [-0.05, 0) is 45.0 Å². The van der Waals surface area contributed by atoms with Crippen LogP contribution >= 0.6 is 11.6 Å². The summed E-state index contributed by atoms with van der Waals surface area (Å²) in [6.45, 7) is 2.66. The van der Waals surface area contributed by atoms with Crippen molar-refractivity contribution in [2.45, 2.75) is 23.6 Å². The highest BCUT2D eigenvalue weighted by Crippen LogP contribution is 2.21. The van der Waals surface area contributed by atoms with Gasteiger partial charge in [-0.3, -0.25) is 0 Å². The average molecular weight is 320 g/mol. The van der Waals surface area contributed by atoms with Crippen LogP contribution < -0.4 is 0 Å². The quantitative estimate of drug-likeness (QED) is 0.841. The second-order valence-electron chi connectivity index (χ2n) is 5.53. The van der Waals surface area contributed by atoms with Gasteiger partial charge in [0.2, 0.25) is 10.0 Å². The lowest BCUT2D eigenvalue weighted by atomic mass is 9.97. The summed E-state index contributed by atoms with van der Waals surface area (Å²) in [6.07, 6.45) is 3.62. The largest absolute Gasteiger partial charge is 0.363 e. The van der Waals surface area contributed by atoms with Gasteiger partial charge in [-0.25, -0.2) is 12.7 Å². The zero-order valence-corrected chi connectivity index (χ0v) is 13.5. The average Bonchev–Trinajstić information content (AvgIpc) is 2.90. The maximum atomic E-state index is 12.5. The van der Waals surface area contributed by atoms with Crippen LogP contribution in [0.25, 0.3) is 0 Å². The molecule has 7 heteroatoms. The molecule has 0 atom stereocenters. The molecule has 1 N–H and O–H groups in total. The summed E-state index contributed by atoms with van der Waals surface area (Å²) in [5.74, 6) is 0.728. The molecule has 1 saturated heterocycles. The highest BCUT2D eigenvalue weighted by Gasteiger charge is 2.26. The molecule has 1 aliphatic rings. The lowest BCUT2D eigenvalue weighted by Crippen LogP contribution is -2.37. The van der Waals surface area contributed by atoms with Crippen molar-refractivity contribution in [3.05, 3.63) is 18.0 Å². The number of piperidine rings is 1. The Morgan fingerprint density at radius 2 is 2.10 bits per heavy atom. The van der Waals surface area contributed by atoms with E-state index in [1.807, 2.05) is 0 Å². The Bertz CT molecular complexity index is 536. The van der Waals surface area contributed by atoms with Gasteiger partial charge in [-0.1, -0.05) is 0 Å². The standard InChI is InChI=1S/C13H22ClN3O2S/c1-16-5-3-11(4-6-16)10-17(2)20(18,19)13-7-12(8-14)15-9-13/h7,9,11,15H,3-6,8,10H2,1-2H3. The van der Waals surface area contributed by atoms with Crippen LogP contribution in [0.1, 0.15) is 18.5 Å². The Morgan fingerprint density at radius 3 is 2.65 bits per heavy atom. The van der Waals surface area contributed by atoms with E-state index in [0.717, 1.165) is 31.6 Å². The first kappa shape index (κ1) is 15.8. The van der Waals surface area contributed by atoms with Crippen molar-refractivity contribution >= 4 is 21.6 Å². The third-order valence-corrected chi connectivity index (χ3v) is 6.01. The van der Waals surface area contributed by atoms with E-state index in [1.165, 1.54) is 10.5 Å². The number of aromatic nitrogens is 1. The smallest absolute Gasteiger partial charge is 0.244 e. The zero-order chi connectivity index (χ0) is 14.8. The van der Waals surface area contributed by atoms with E-state index in [4.69, 9.17) is 11.6 Å². The molecular formula is C13H22ClN3O2S. The van der Waals surface area contributed by atoms with Gasteiger partial charge in [0.15, 0.2) is 0 Å². The molecule has 1 fully saturated rings. The van der Waals surface area contributed by atoms with E-state index in [1.54, 1.807) is 13.1 Å². The molecule has 0 radical (unpaired) electrons. The van der Waals surface area contributed by atoms with Gasteiger partial charge in [0.1, 0.15) is 0 Å². The van der Waals surface area contributed by atoms with Gasteiger partial charge in [0.05, 0.1) is 10.8 Å². The van der Waals surface area contributed by atoms with Crippen LogP contribution in [0.5, 0.6) is 0 Å². The Balaban J connectivity index is 2.01. The summed E-state index contributed by atoms with van der Waals surface area (Å²) in [5.41, 5.74) is 0.720. The third-order valence-electron chi connectivity index (χ3n) is 3.92. The number of aromatic amines is 1. The Hall–Kier alpha value is -0.560. The monoisotopic (exact) mass is 319 g/mol. The molecule has 0 aromatic carbocycles. The highest BCUT2D eigenvalue weighted by atomic mass is 35.5. The van der Waals surface area contributed by atoms with Gasteiger partial charge in [0.25, 0.3) is 0 Å². The molecule has 0 amide bonds. The highest BCUT2D eigenvalue weighted by molar-refractivity contribution is 7.89. The Kier molecular flexibility index (Phi) is 5.12. The number of halogens is 1. The molecule has 2 rings (SSSR count). The van der Waals surface area contributed by atoms with E-state index in [2.05, 4.69) is 16.9 Å². The van der Waals surface area contributed by atoms with Crippen molar-refractivity contribution in [2.75, 3.05) is 33.7 Å². The van der Waals surface area contributed by atoms with Crippen molar-refractivity contribution in [3.8, 4) is 0 Å². The predicted octanol–water partition coefficient (Wildman–Crippen LogP) is 1.72. The maximum absolute atomic E-state index is 12.5. The van der Waals surface area contributed by atoms with Crippen molar-refractivity contribution in [1.82, 2.24) is 14.2 Å². The summed E-state index contributed by atoms with van der Waals surface area (Å²) in [7, 11) is 0.344. The van der Waals surface area contributed by atoms with Crippen molar-refractivity contribution < 1.29 is 8.42 Å². The van der Waals surface area contributed by atoms with E-state index in [9.17, 15) is 8.42 Å². The topological polar surface area (TPSA) is 56.4 Å².